The van der Waals surface area contributed by atoms with Gasteiger partial charge in [0.15, 0.2) is 5.16 Å². The molecule has 0 spiro atoms. The summed E-state index contributed by atoms with van der Waals surface area (Å²) in [7, 11) is 3.36. The van der Waals surface area contributed by atoms with E-state index in [-0.39, 0.29) is 11.7 Å². The number of carbonyl (C=O) groups excluding carboxylic acids is 1. The van der Waals surface area contributed by atoms with Gasteiger partial charge in [-0.25, -0.2) is 0 Å². The van der Waals surface area contributed by atoms with Gasteiger partial charge in [-0.3, -0.25) is 9.36 Å². The van der Waals surface area contributed by atoms with Gasteiger partial charge in [-0.2, -0.15) is 5.26 Å². The second-order valence-corrected chi connectivity index (χ2v) is 7.57. The summed E-state index contributed by atoms with van der Waals surface area (Å²) >= 11 is 1.32. The second-order valence-electron chi connectivity index (χ2n) is 6.63. The van der Waals surface area contributed by atoms with E-state index >= 15 is 0 Å². The van der Waals surface area contributed by atoms with Gasteiger partial charge in [0.1, 0.15) is 17.6 Å². The van der Waals surface area contributed by atoms with Crippen LogP contribution in [0.5, 0.6) is 5.75 Å². The normalized spacial score (nSPS) is 15.7. The van der Waals surface area contributed by atoms with Crippen LogP contribution < -0.4 is 4.74 Å². The van der Waals surface area contributed by atoms with Crippen LogP contribution in [0, 0.1) is 11.3 Å². The minimum atomic E-state index is -0.670. The third-order valence-corrected chi connectivity index (χ3v) is 6.01. The van der Waals surface area contributed by atoms with Crippen LogP contribution >= 0.6 is 11.8 Å². The molecule has 1 heterocycles. The number of benzene rings is 1. The fraction of sp³-hybridized carbons (Fsp3) is 0.474. The molecule has 0 aliphatic heterocycles. The molecule has 0 N–H and O–H groups in total. The van der Waals surface area contributed by atoms with Gasteiger partial charge in [-0.15, -0.1) is 10.2 Å². The zero-order valence-electron chi connectivity index (χ0n) is 15.6. The van der Waals surface area contributed by atoms with Gasteiger partial charge >= 0.3 is 0 Å². The van der Waals surface area contributed by atoms with Gasteiger partial charge in [0.05, 0.1) is 24.6 Å². The Balaban J connectivity index is 1.69. The molecule has 1 fully saturated rings. The summed E-state index contributed by atoms with van der Waals surface area (Å²) in [5.74, 6) is 0.882. The van der Waals surface area contributed by atoms with E-state index in [0.717, 1.165) is 43.5 Å². The molecule has 1 aliphatic carbocycles. The molecule has 7 nitrogen and oxygen atoms in total. The number of nitrogens with zero attached hydrogens (tertiary/aromatic N) is 5. The van der Waals surface area contributed by atoms with Crippen molar-refractivity contribution >= 4 is 17.7 Å². The van der Waals surface area contributed by atoms with Crippen molar-refractivity contribution in [3.05, 3.63) is 30.6 Å². The molecule has 1 amide bonds. The van der Waals surface area contributed by atoms with E-state index in [4.69, 9.17) is 4.74 Å². The zero-order chi connectivity index (χ0) is 19.3. The molecule has 1 aromatic carbocycles. The first kappa shape index (κ1) is 19.2. The summed E-state index contributed by atoms with van der Waals surface area (Å²) in [4.78, 5) is 14.4. The Morgan fingerprint density at radius 1 is 1.41 bits per heavy atom. The Labute approximate surface area is 163 Å². The van der Waals surface area contributed by atoms with Crippen LogP contribution in [0.25, 0.3) is 5.69 Å². The van der Waals surface area contributed by atoms with Gasteiger partial charge in [0.25, 0.3) is 0 Å². The summed E-state index contributed by atoms with van der Waals surface area (Å²) in [6.07, 6.45) is 6.21. The molecule has 0 saturated heterocycles. The molecule has 8 heteroatoms. The summed E-state index contributed by atoms with van der Waals surface area (Å²) < 4.78 is 7.08. The van der Waals surface area contributed by atoms with E-state index in [2.05, 4.69) is 16.3 Å². The lowest BCUT2D eigenvalue weighted by Gasteiger charge is -2.39. The van der Waals surface area contributed by atoms with E-state index in [0.29, 0.717) is 5.16 Å². The monoisotopic (exact) mass is 385 g/mol. The van der Waals surface area contributed by atoms with E-state index < -0.39 is 5.54 Å². The van der Waals surface area contributed by atoms with Crippen LogP contribution in [0.4, 0.5) is 0 Å². The minimum Gasteiger partial charge on any atom is -0.497 e. The zero-order valence-corrected chi connectivity index (χ0v) is 16.4. The minimum absolute atomic E-state index is 0.0661. The third-order valence-electron chi connectivity index (χ3n) is 5.08. The van der Waals surface area contributed by atoms with Crippen molar-refractivity contribution in [2.45, 2.75) is 42.8 Å². The number of carbonyl (C=O) groups is 1. The van der Waals surface area contributed by atoms with Crippen LogP contribution in [0.3, 0.4) is 0 Å². The number of hydrogen-bond acceptors (Lipinski definition) is 6. The van der Waals surface area contributed by atoms with Crippen molar-refractivity contribution in [1.82, 2.24) is 19.7 Å². The lowest BCUT2D eigenvalue weighted by Crippen LogP contribution is -2.50. The highest BCUT2D eigenvalue weighted by Gasteiger charge is 2.38. The predicted octanol–water partition coefficient (Wildman–Crippen LogP) is 3.05. The number of ether oxygens (including phenoxy) is 1. The first-order valence-electron chi connectivity index (χ1n) is 8.95. The molecule has 2 aromatic rings. The lowest BCUT2D eigenvalue weighted by atomic mass is 9.81. The Morgan fingerprint density at radius 3 is 2.89 bits per heavy atom. The first-order valence-corrected chi connectivity index (χ1v) is 9.93. The molecular weight excluding hydrogens is 362 g/mol. The highest BCUT2D eigenvalue weighted by atomic mass is 32.2. The Bertz CT molecular complexity index is 839. The largest absolute Gasteiger partial charge is 0.497 e. The molecule has 0 atom stereocenters. The van der Waals surface area contributed by atoms with E-state index in [9.17, 15) is 10.1 Å². The molecule has 0 unspecified atom stereocenters. The second kappa shape index (κ2) is 8.44. The SMILES string of the molecule is COc1cccc(-n2cnnc2SCC(=O)N(C)C2(C#N)CCCCC2)c1. The van der Waals surface area contributed by atoms with Crippen molar-refractivity contribution < 1.29 is 9.53 Å². The number of nitriles is 1. The van der Waals surface area contributed by atoms with Crippen LogP contribution in [0.1, 0.15) is 32.1 Å². The Morgan fingerprint density at radius 2 is 2.19 bits per heavy atom. The molecule has 142 valence electrons. The molecule has 1 aliphatic rings. The van der Waals surface area contributed by atoms with Gasteiger partial charge < -0.3 is 9.64 Å². The molecular formula is C19H23N5O2S. The summed E-state index contributed by atoms with van der Waals surface area (Å²) in [5, 5.41) is 18.4. The van der Waals surface area contributed by atoms with Gasteiger partial charge in [0.2, 0.25) is 5.91 Å². The number of thioether (sulfide) groups is 1. The van der Waals surface area contributed by atoms with Crippen LogP contribution in [0.2, 0.25) is 0 Å². The molecule has 0 radical (unpaired) electrons. The van der Waals surface area contributed by atoms with Crippen LogP contribution in [-0.2, 0) is 4.79 Å². The maximum Gasteiger partial charge on any atom is 0.234 e. The van der Waals surface area contributed by atoms with E-state index in [1.807, 2.05) is 28.8 Å². The summed E-state index contributed by atoms with van der Waals surface area (Å²) in [6.45, 7) is 0. The number of amides is 1. The Hall–Kier alpha value is -2.53. The van der Waals surface area contributed by atoms with Crippen molar-refractivity contribution in [3.63, 3.8) is 0 Å². The van der Waals surface area contributed by atoms with Gasteiger partial charge in [-0.05, 0) is 25.0 Å². The fourth-order valence-corrected chi connectivity index (χ4v) is 4.22. The van der Waals surface area contributed by atoms with Crippen LogP contribution in [0.15, 0.2) is 35.7 Å². The smallest absolute Gasteiger partial charge is 0.234 e. The van der Waals surface area contributed by atoms with E-state index in [1.165, 1.54) is 11.8 Å². The summed E-state index contributed by atoms with van der Waals surface area (Å²) in [6, 6.07) is 9.96. The maximum absolute atomic E-state index is 12.7. The van der Waals surface area contributed by atoms with Crippen molar-refractivity contribution in [2.24, 2.45) is 0 Å². The third kappa shape index (κ3) is 4.08. The molecule has 3 rings (SSSR count). The number of aromatic nitrogens is 3. The molecule has 1 aromatic heterocycles. The first-order chi connectivity index (χ1) is 13.1. The van der Waals surface area contributed by atoms with Gasteiger partial charge in [-0.1, -0.05) is 37.1 Å². The standard InChI is InChI=1S/C19H23N5O2S/c1-23(19(13-20)9-4-3-5-10-19)17(25)12-27-18-22-21-14-24(18)15-7-6-8-16(11-15)26-2/h6-8,11,14H,3-5,9-10,12H2,1-2H3. The number of rotatable bonds is 6. The Kier molecular flexibility index (Phi) is 6.01. The topological polar surface area (TPSA) is 84.0 Å². The number of methoxy groups -OCH3 is 1. The fourth-order valence-electron chi connectivity index (χ4n) is 3.38. The highest BCUT2D eigenvalue weighted by molar-refractivity contribution is 7.99. The molecule has 0 bridgehead atoms. The van der Waals surface area contributed by atoms with Crippen molar-refractivity contribution in [2.75, 3.05) is 19.9 Å². The number of hydrogen-bond donors (Lipinski definition) is 0. The van der Waals surface area contributed by atoms with E-state index in [1.54, 1.807) is 25.4 Å². The average Bonchev–Trinajstić information content (AvgIpc) is 3.20. The molecule has 27 heavy (non-hydrogen) atoms. The lowest BCUT2D eigenvalue weighted by molar-refractivity contribution is -0.131. The van der Waals surface area contributed by atoms with Crippen molar-refractivity contribution in [3.8, 4) is 17.5 Å². The summed E-state index contributed by atoms with van der Waals surface area (Å²) in [5.41, 5.74) is 0.194. The van der Waals surface area contributed by atoms with Gasteiger partial charge in [0, 0.05) is 13.1 Å². The van der Waals surface area contributed by atoms with Crippen LogP contribution in [-0.4, -0.2) is 51.0 Å². The highest BCUT2D eigenvalue weighted by Crippen LogP contribution is 2.33. The quantitative estimate of drug-likeness (QED) is 0.711. The van der Waals surface area contributed by atoms with Crippen molar-refractivity contribution in [1.29, 1.82) is 5.26 Å². The predicted molar refractivity (Wildman–Crippen MR) is 103 cm³/mol. The molecule has 1 saturated carbocycles. The maximum atomic E-state index is 12.7. The average molecular weight is 385 g/mol.